The highest BCUT2D eigenvalue weighted by atomic mass is 32.2. The zero-order valence-electron chi connectivity index (χ0n) is 19.2. The second kappa shape index (κ2) is 10.4. The quantitative estimate of drug-likeness (QED) is 0.507. The fraction of sp³-hybridized carbons (Fsp3) is 0.240. The van der Waals surface area contributed by atoms with Crippen LogP contribution in [0.5, 0.6) is 11.5 Å². The van der Waals surface area contributed by atoms with Gasteiger partial charge in [-0.2, -0.15) is 0 Å². The largest absolute Gasteiger partial charge is 0.497 e. The van der Waals surface area contributed by atoms with Gasteiger partial charge in [0.15, 0.2) is 0 Å². The summed E-state index contributed by atoms with van der Waals surface area (Å²) in [5.41, 5.74) is 2.76. The summed E-state index contributed by atoms with van der Waals surface area (Å²) in [6.45, 7) is 4.53. The third-order valence-electron chi connectivity index (χ3n) is 5.27. The van der Waals surface area contributed by atoms with E-state index in [2.05, 4.69) is 4.72 Å². The van der Waals surface area contributed by atoms with Crippen LogP contribution in [0, 0.1) is 13.8 Å². The maximum atomic E-state index is 12.7. The Morgan fingerprint density at radius 2 is 1.55 bits per heavy atom. The fourth-order valence-corrected chi connectivity index (χ4v) is 4.21. The normalized spacial score (nSPS) is 11.0. The van der Waals surface area contributed by atoms with Crippen molar-refractivity contribution in [1.82, 2.24) is 4.90 Å². The molecular formula is C25H28N2O5S. The predicted molar refractivity (Wildman–Crippen MR) is 129 cm³/mol. The molecule has 174 valence electrons. The van der Waals surface area contributed by atoms with E-state index >= 15 is 0 Å². The van der Waals surface area contributed by atoms with Gasteiger partial charge in [-0.25, -0.2) is 8.42 Å². The molecule has 3 aromatic rings. The van der Waals surface area contributed by atoms with Crippen LogP contribution in [0.15, 0.2) is 71.6 Å². The summed E-state index contributed by atoms with van der Waals surface area (Å²) in [7, 11) is -0.424. The molecule has 0 heterocycles. The number of methoxy groups -OCH3 is 1. The van der Waals surface area contributed by atoms with Crippen molar-refractivity contribution in [3.05, 3.63) is 83.4 Å². The van der Waals surface area contributed by atoms with Crippen LogP contribution in [0.25, 0.3) is 0 Å². The number of amides is 1. The third-order valence-corrected chi connectivity index (χ3v) is 6.65. The van der Waals surface area contributed by atoms with E-state index in [-0.39, 0.29) is 10.8 Å². The smallest absolute Gasteiger partial charge is 0.261 e. The number of aryl methyl sites for hydroxylation is 2. The topological polar surface area (TPSA) is 84.9 Å². The molecule has 8 heteroatoms. The van der Waals surface area contributed by atoms with E-state index in [1.54, 1.807) is 85.8 Å². The van der Waals surface area contributed by atoms with Gasteiger partial charge in [0.05, 0.1) is 18.6 Å². The van der Waals surface area contributed by atoms with E-state index in [1.807, 2.05) is 13.8 Å². The zero-order chi connectivity index (χ0) is 24.0. The molecule has 0 unspecified atom stereocenters. The second-order valence-corrected chi connectivity index (χ2v) is 9.36. The van der Waals surface area contributed by atoms with Crippen molar-refractivity contribution in [2.24, 2.45) is 0 Å². The standard InChI is InChI=1S/C25H28N2O5S/c1-18-5-14-24(17-19(18)2)33(29,30)26-21-8-6-20(7-9-21)25(28)27(3)15-16-32-23-12-10-22(31-4)11-13-23/h5-14,17,26H,15-16H2,1-4H3. The van der Waals surface area contributed by atoms with E-state index in [0.29, 0.717) is 30.2 Å². The van der Waals surface area contributed by atoms with Gasteiger partial charge in [-0.05, 0) is 85.6 Å². The van der Waals surface area contributed by atoms with Crippen LogP contribution in [0.4, 0.5) is 5.69 Å². The highest BCUT2D eigenvalue weighted by Gasteiger charge is 2.16. The number of hydrogen-bond acceptors (Lipinski definition) is 5. The lowest BCUT2D eigenvalue weighted by Gasteiger charge is -2.18. The van der Waals surface area contributed by atoms with Crippen LogP contribution in [0.2, 0.25) is 0 Å². The Morgan fingerprint density at radius 3 is 2.15 bits per heavy atom. The van der Waals surface area contributed by atoms with Crippen LogP contribution >= 0.6 is 0 Å². The van der Waals surface area contributed by atoms with Crippen molar-refractivity contribution in [1.29, 1.82) is 0 Å². The molecule has 3 aromatic carbocycles. The van der Waals surface area contributed by atoms with Gasteiger partial charge in [-0.15, -0.1) is 0 Å². The Balaban J connectivity index is 1.56. The molecule has 7 nitrogen and oxygen atoms in total. The Kier molecular flexibility index (Phi) is 7.60. The molecule has 3 rings (SSSR count). The number of nitrogens with one attached hydrogen (secondary N) is 1. The number of ether oxygens (including phenoxy) is 2. The highest BCUT2D eigenvalue weighted by Crippen LogP contribution is 2.20. The minimum Gasteiger partial charge on any atom is -0.497 e. The average molecular weight is 469 g/mol. The van der Waals surface area contributed by atoms with E-state index in [0.717, 1.165) is 16.9 Å². The molecule has 0 saturated carbocycles. The number of rotatable bonds is 9. The number of hydrogen-bond donors (Lipinski definition) is 1. The lowest BCUT2D eigenvalue weighted by molar-refractivity contribution is 0.0774. The summed E-state index contributed by atoms with van der Waals surface area (Å²) >= 11 is 0. The van der Waals surface area contributed by atoms with E-state index in [1.165, 1.54) is 0 Å². The number of carbonyl (C=O) groups excluding carboxylic acids is 1. The number of benzene rings is 3. The summed E-state index contributed by atoms with van der Waals surface area (Å²) in [6.07, 6.45) is 0. The molecule has 0 atom stereocenters. The Hall–Kier alpha value is -3.52. The van der Waals surface area contributed by atoms with Crippen LogP contribution < -0.4 is 14.2 Å². The molecule has 1 amide bonds. The maximum absolute atomic E-state index is 12.7. The first kappa shape index (κ1) is 24.1. The van der Waals surface area contributed by atoms with Crippen molar-refractivity contribution in [2.75, 3.05) is 32.0 Å². The Morgan fingerprint density at radius 1 is 0.909 bits per heavy atom. The average Bonchev–Trinajstić information content (AvgIpc) is 2.81. The third kappa shape index (κ3) is 6.26. The van der Waals surface area contributed by atoms with Gasteiger partial charge in [-0.3, -0.25) is 9.52 Å². The highest BCUT2D eigenvalue weighted by molar-refractivity contribution is 7.92. The van der Waals surface area contributed by atoms with Crippen molar-refractivity contribution in [3.63, 3.8) is 0 Å². The van der Waals surface area contributed by atoms with Crippen LogP contribution in [-0.4, -0.2) is 46.5 Å². The van der Waals surface area contributed by atoms with Crippen molar-refractivity contribution < 1.29 is 22.7 Å². The zero-order valence-corrected chi connectivity index (χ0v) is 20.0. The van der Waals surface area contributed by atoms with Crippen molar-refractivity contribution in [2.45, 2.75) is 18.7 Å². The fourth-order valence-electron chi connectivity index (χ4n) is 3.07. The van der Waals surface area contributed by atoms with Gasteiger partial charge in [0, 0.05) is 18.3 Å². The molecule has 0 aliphatic heterocycles. The number of nitrogens with zero attached hydrogens (tertiary/aromatic N) is 1. The molecule has 0 bridgehead atoms. The maximum Gasteiger partial charge on any atom is 0.261 e. The van der Waals surface area contributed by atoms with Crippen LogP contribution in [0.1, 0.15) is 21.5 Å². The summed E-state index contributed by atoms with van der Waals surface area (Å²) in [6, 6.07) is 18.6. The van der Waals surface area contributed by atoms with Gasteiger partial charge in [0.25, 0.3) is 15.9 Å². The van der Waals surface area contributed by atoms with Gasteiger partial charge in [0.1, 0.15) is 18.1 Å². The van der Waals surface area contributed by atoms with E-state index < -0.39 is 10.0 Å². The van der Waals surface area contributed by atoms with Gasteiger partial charge in [0.2, 0.25) is 0 Å². The molecular weight excluding hydrogens is 440 g/mol. The first-order chi connectivity index (χ1) is 15.7. The van der Waals surface area contributed by atoms with Crippen molar-refractivity contribution >= 4 is 21.6 Å². The van der Waals surface area contributed by atoms with Gasteiger partial charge < -0.3 is 14.4 Å². The molecule has 0 saturated heterocycles. The lowest BCUT2D eigenvalue weighted by atomic mass is 10.1. The predicted octanol–water partition coefficient (Wildman–Crippen LogP) is 4.26. The molecule has 0 aliphatic rings. The van der Waals surface area contributed by atoms with E-state index in [4.69, 9.17) is 9.47 Å². The minimum absolute atomic E-state index is 0.183. The summed E-state index contributed by atoms with van der Waals surface area (Å²) in [5, 5.41) is 0. The number of carbonyl (C=O) groups is 1. The monoisotopic (exact) mass is 468 g/mol. The lowest BCUT2D eigenvalue weighted by Crippen LogP contribution is -2.30. The molecule has 0 radical (unpaired) electrons. The first-order valence-corrected chi connectivity index (χ1v) is 11.9. The van der Waals surface area contributed by atoms with Crippen LogP contribution in [-0.2, 0) is 10.0 Å². The van der Waals surface area contributed by atoms with Crippen molar-refractivity contribution in [3.8, 4) is 11.5 Å². The molecule has 1 N–H and O–H groups in total. The summed E-state index contributed by atoms with van der Waals surface area (Å²) < 4.78 is 38.6. The van der Waals surface area contributed by atoms with E-state index in [9.17, 15) is 13.2 Å². The van der Waals surface area contributed by atoms with Gasteiger partial charge >= 0.3 is 0 Å². The van der Waals surface area contributed by atoms with Crippen LogP contribution in [0.3, 0.4) is 0 Å². The molecule has 0 aliphatic carbocycles. The van der Waals surface area contributed by atoms with Gasteiger partial charge in [-0.1, -0.05) is 6.07 Å². The summed E-state index contributed by atoms with van der Waals surface area (Å²) in [4.78, 5) is 14.4. The minimum atomic E-state index is -3.71. The molecule has 0 aromatic heterocycles. The molecule has 33 heavy (non-hydrogen) atoms. The SMILES string of the molecule is COc1ccc(OCCN(C)C(=O)c2ccc(NS(=O)(=O)c3ccc(C)c(C)c3)cc2)cc1. The molecule has 0 fully saturated rings. The molecule has 0 spiro atoms. The Labute approximate surface area is 195 Å². The summed E-state index contributed by atoms with van der Waals surface area (Å²) in [5.74, 6) is 1.25. The number of anilines is 1. The number of sulfonamides is 1. The second-order valence-electron chi connectivity index (χ2n) is 7.68. The first-order valence-electron chi connectivity index (χ1n) is 10.4. The number of likely N-dealkylation sites (N-methyl/N-ethyl adjacent to an activating group) is 1. The Bertz CT molecular complexity index is 1210.